The summed E-state index contributed by atoms with van der Waals surface area (Å²) in [6.07, 6.45) is 2.31. The molecule has 1 unspecified atom stereocenters. The largest absolute Gasteiger partial charge is 0.462 e. The van der Waals surface area contributed by atoms with Crippen LogP contribution in [-0.4, -0.2) is 47.5 Å². The Morgan fingerprint density at radius 2 is 2.00 bits per heavy atom. The molecular formula is C22H29N3O3. The number of esters is 1. The van der Waals surface area contributed by atoms with Gasteiger partial charge in [0.05, 0.1) is 24.4 Å². The zero-order chi connectivity index (χ0) is 20.3. The standard InChI is InChI=1S/C22H29N3O3/c1-5-28-22(27)18-13-25(20(26)12-23-15(4)14(2)3)11-10-17-16-8-6-7-9-19(16)24-21(17)18/h6-9,13-15,23-24H,5,10-12H2,1-4H3. The van der Waals surface area contributed by atoms with Crippen LogP contribution in [0.1, 0.15) is 39.0 Å². The Kier molecular flexibility index (Phi) is 6.19. The second-order valence-corrected chi connectivity index (χ2v) is 7.54. The van der Waals surface area contributed by atoms with Crippen molar-refractivity contribution in [2.75, 3.05) is 19.7 Å². The topological polar surface area (TPSA) is 74.4 Å². The molecular weight excluding hydrogens is 354 g/mol. The Morgan fingerprint density at radius 3 is 2.71 bits per heavy atom. The number of carbonyl (C=O) groups excluding carboxylic acids is 2. The second-order valence-electron chi connectivity index (χ2n) is 7.54. The van der Waals surface area contributed by atoms with Gasteiger partial charge < -0.3 is 19.9 Å². The normalized spacial score (nSPS) is 15.2. The van der Waals surface area contributed by atoms with E-state index in [-0.39, 0.29) is 25.1 Å². The summed E-state index contributed by atoms with van der Waals surface area (Å²) in [5.74, 6) is -0.0315. The molecule has 1 amide bonds. The highest BCUT2D eigenvalue weighted by Crippen LogP contribution is 2.31. The number of para-hydroxylation sites is 1. The molecule has 0 fully saturated rings. The molecule has 2 heterocycles. The zero-order valence-corrected chi connectivity index (χ0v) is 17.0. The van der Waals surface area contributed by atoms with Gasteiger partial charge in [-0.05, 0) is 37.8 Å². The minimum absolute atomic E-state index is 0.0521. The number of ether oxygens (including phenoxy) is 1. The average Bonchev–Trinajstić information content (AvgIpc) is 2.93. The van der Waals surface area contributed by atoms with Crippen molar-refractivity contribution in [3.8, 4) is 0 Å². The van der Waals surface area contributed by atoms with Gasteiger partial charge in [0.15, 0.2) is 0 Å². The van der Waals surface area contributed by atoms with Gasteiger partial charge in [0.2, 0.25) is 5.91 Å². The van der Waals surface area contributed by atoms with E-state index < -0.39 is 5.97 Å². The van der Waals surface area contributed by atoms with Crippen molar-refractivity contribution in [2.45, 2.75) is 40.2 Å². The quantitative estimate of drug-likeness (QED) is 0.752. The maximum atomic E-state index is 12.8. The lowest BCUT2D eigenvalue weighted by molar-refractivity contribution is -0.136. The molecule has 0 aliphatic carbocycles. The van der Waals surface area contributed by atoms with E-state index in [1.165, 1.54) is 0 Å². The van der Waals surface area contributed by atoms with Gasteiger partial charge >= 0.3 is 5.97 Å². The maximum Gasteiger partial charge on any atom is 0.341 e. The number of H-pyrrole nitrogens is 1. The van der Waals surface area contributed by atoms with Crippen molar-refractivity contribution in [3.63, 3.8) is 0 Å². The summed E-state index contributed by atoms with van der Waals surface area (Å²) in [7, 11) is 0. The van der Waals surface area contributed by atoms with E-state index in [0.717, 1.165) is 22.2 Å². The van der Waals surface area contributed by atoms with Crippen LogP contribution in [0.3, 0.4) is 0 Å². The molecule has 1 atom stereocenters. The van der Waals surface area contributed by atoms with Gasteiger partial charge in [0.25, 0.3) is 0 Å². The number of fused-ring (bicyclic) bond motifs is 3. The van der Waals surface area contributed by atoms with E-state index in [1.807, 2.05) is 24.3 Å². The third-order valence-electron chi connectivity index (χ3n) is 5.36. The first-order valence-electron chi connectivity index (χ1n) is 9.94. The summed E-state index contributed by atoms with van der Waals surface area (Å²) < 4.78 is 5.27. The second kappa shape index (κ2) is 8.61. The predicted octanol–water partition coefficient (Wildman–Crippen LogP) is 3.09. The summed E-state index contributed by atoms with van der Waals surface area (Å²) in [4.78, 5) is 30.4. The van der Waals surface area contributed by atoms with Gasteiger partial charge in [-0.1, -0.05) is 32.0 Å². The van der Waals surface area contributed by atoms with E-state index in [2.05, 4.69) is 31.1 Å². The van der Waals surface area contributed by atoms with Gasteiger partial charge in [0.1, 0.15) is 0 Å². The van der Waals surface area contributed by atoms with Crippen LogP contribution in [0.25, 0.3) is 16.5 Å². The molecule has 0 saturated carbocycles. The SMILES string of the molecule is CCOC(=O)C1=CN(C(=O)CNC(C)C(C)C)CCc2c1[nH]c1ccccc21. The molecule has 0 spiro atoms. The fraction of sp³-hybridized carbons (Fsp3) is 0.455. The van der Waals surface area contributed by atoms with Gasteiger partial charge in [-0.3, -0.25) is 4.79 Å². The van der Waals surface area contributed by atoms with E-state index in [1.54, 1.807) is 18.0 Å². The molecule has 2 aromatic rings. The fourth-order valence-corrected chi connectivity index (χ4v) is 3.35. The van der Waals surface area contributed by atoms with Crippen LogP contribution < -0.4 is 5.32 Å². The van der Waals surface area contributed by atoms with Crippen molar-refractivity contribution in [2.24, 2.45) is 5.92 Å². The van der Waals surface area contributed by atoms with Gasteiger partial charge in [-0.15, -0.1) is 0 Å². The van der Waals surface area contributed by atoms with Crippen molar-refractivity contribution in [1.29, 1.82) is 0 Å². The van der Waals surface area contributed by atoms with Crippen LogP contribution in [0.2, 0.25) is 0 Å². The summed E-state index contributed by atoms with van der Waals surface area (Å²) in [5, 5.41) is 4.35. The number of hydrogen-bond donors (Lipinski definition) is 2. The summed E-state index contributed by atoms with van der Waals surface area (Å²) in [6, 6.07) is 8.21. The number of hydrogen-bond acceptors (Lipinski definition) is 4. The molecule has 1 aliphatic rings. The number of amides is 1. The fourth-order valence-electron chi connectivity index (χ4n) is 3.35. The molecule has 1 aromatic carbocycles. The molecule has 2 N–H and O–H groups in total. The number of nitrogens with zero attached hydrogens (tertiary/aromatic N) is 1. The number of aromatic amines is 1. The highest BCUT2D eigenvalue weighted by atomic mass is 16.5. The lowest BCUT2D eigenvalue weighted by Crippen LogP contribution is -2.41. The zero-order valence-electron chi connectivity index (χ0n) is 17.0. The van der Waals surface area contributed by atoms with Gasteiger partial charge in [-0.25, -0.2) is 4.79 Å². The number of carbonyl (C=O) groups is 2. The number of aromatic nitrogens is 1. The Balaban J connectivity index is 1.92. The Labute approximate surface area is 165 Å². The number of nitrogens with one attached hydrogen (secondary N) is 2. The van der Waals surface area contributed by atoms with E-state index >= 15 is 0 Å². The molecule has 0 bridgehead atoms. The highest BCUT2D eigenvalue weighted by Gasteiger charge is 2.27. The molecule has 1 aromatic heterocycles. The summed E-state index contributed by atoms with van der Waals surface area (Å²) in [5.41, 5.74) is 3.18. The third-order valence-corrected chi connectivity index (χ3v) is 5.36. The molecule has 0 saturated heterocycles. The maximum absolute atomic E-state index is 12.8. The minimum Gasteiger partial charge on any atom is -0.462 e. The predicted molar refractivity (Wildman–Crippen MR) is 111 cm³/mol. The molecule has 6 heteroatoms. The third kappa shape index (κ3) is 4.12. The van der Waals surface area contributed by atoms with Crippen LogP contribution in [0.4, 0.5) is 0 Å². The molecule has 150 valence electrons. The number of benzene rings is 1. The van der Waals surface area contributed by atoms with Crippen LogP contribution in [0, 0.1) is 5.92 Å². The van der Waals surface area contributed by atoms with Crippen molar-refractivity contribution >= 4 is 28.4 Å². The monoisotopic (exact) mass is 383 g/mol. The first-order valence-corrected chi connectivity index (χ1v) is 9.94. The van der Waals surface area contributed by atoms with Crippen molar-refractivity contribution in [1.82, 2.24) is 15.2 Å². The summed E-state index contributed by atoms with van der Waals surface area (Å²) in [6.45, 7) is 9.12. The van der Waals surface area contributed by atoms with Crippen LogP contribution in [0.15, 0.2) is 30.5 Å². The summed E-state index contributed by atoms with van der Waals surface area (Å²) >= 11 is 0. The van der Waals surface area contributed by atoms with Crippen LogP contribution in [-0.2, 0) is 20.7 Å². The molecule has 0 radical (unpaired) electrons. The minimum atomic E-state index is -0.418. The van der Waals surface area contributed by atoms with Crippen LogP contribution >= 0.6 is 0 Å². The molecule has 6 nitrogen and oxygen atoms in total. The van der Waals surface area contributed by atoms with Crippen molar-refractivity contribution in [3.05, 3.63) is 41.7 Å². The Bertz CT molecular complexity index is 898. The first kappa shape index (κ1) is 20.1. The highest BCUT2D eigenvalue weighted by molar-refractivity contribution is 6.18. The lowest BCUT2D eigenvalue weighted by atomic mass is 10.0. The molecule has 1 aliphatic heterocycles. The first-order chi connectivity index (χ1) is 13.4. The van der Waals surface area contributed by atoms with Gasteiger partial charge in [-0.2, -0.15) is 0 Å². The van der Waals surface area contributed by atoms with Crippen LogP contribution in [0.5, 0.6) is 0 Å². The van der Waals surface area contributed by atoms with Gasteiger partial charge in [0, 0.05) is 29.7 Å². The molecule has 28 heavy (non-hydrogen) atoms. The Morgan fingerprint density at radius 1 is 1.25 bits per heavy atom. The molecule has 3 rings (SSSR count). The van der Waals surface area contributed by atoms with E-state index in [4.69, 9.17) is 4.74 Å². The van der Waals surface area contributed by atoms with Crippen molar-refractivity contribution < 1.29 is 14.3 Å². The Hall–Kier alpha value is -2.60. The number of rotatable bonds is 6. The smallest absolute Gasteiger partial charge is 0.341 e. The van der Waals surface area contributed by atoms with E-state index in [9.17, 15) is 9.59 Å². The van der Waals surface area contributed by atoms with E-state index in [0.29, 0.717) is 24.5 Å². The average molecular weight is 383 g/mol. The lowest BCUT2D eigenvalue weighted by Gasteiger charge is -2.21.